The Morgan fingerprint density at radius 2 is 0.769 bits per heavy atom. The second-order valence-corrected chi connectivity index (χ2v) is 49.9. The van der Waals surface area contributed by atoms with Gasteiger partial charge in [-0.2, -0.15) is 0 Å². The molecule has 0 saturated carbocycles. The van der Waals surface area contributed by atoms with Crippen LogP contribution in [0.5, 0.6) is 0 Å². The van der Waals surface area contributed by atoms with Crippen LogP contribution in [0.1, 0.15) is 52.9 Å². The lowest BCUT2D eigenvalue weighted by atomic mass is 9.91. The zero-order chi connectivity index (χ0) is 46.4. The molecule has 0 atom stereocenters. The molecule has 7 aromatic rings. The van der Waals surface area contributed by atoms with Crippen molar-refractivity contribution in [1.29, 1.82) is 0 Å². The van der Waals surface area contributed by atoms with Crippen LogP contribution >= 0.6 is 0 Å². The first-order valence-corrected chi connectivity index (χ1v) is 45.9. The first-order valence-electron chi connectivity index (χ1n) is 17.9. The molecule has 0 saturated heterocycles. The molecule has 0 N–H and O–H groups in total. The fraction of sp³-hybridized carbons (Fsp3) is 0.222. The van der Waals surface area contributed by atoms with Crippen LogP contribution in [0.4, 0.5) is 0 Å². The Morgan fingerprint density at radius 1 is 0.431 bits per heavy atom. The zero-order valence-corrected chi connectivity index (χ0v) is 52.0. The summed E-state index contributed by atoms with van der Waals surface area (Å²) >= 11 is 9.53. The van der Waals surface area contributed by atoms with E-state index in [0.29, 0.717) is 49.7 Å². The van der Waals surface area contributed by atoms with Gasteiger partial charge in [-0.25, -0.2) is 9.97 Å². The van der Waals surface area contributed by atoms with Crippen LogP contribution < -0.4 is 10.9 Å². The predicted octanol–water partition coefficient (Wildman–Crippen LogP) is 7.01. The van der Waals surface area contributed by atoms with E-state index >= 15 is 0 Å². The fourth-order valence-corrected chi connectivity index (χ4v) is 55.2. The summed E-state index contributed by atoms with van der Waals surface area (Å²) in [6, 6.07) is 20.6. The lowest BCUT2D eigenvalue weighted by Gasteiger charge is -2.18. The van der Waals surface area contributed by atoms with Crippen LogP contribution in [0, 0.1) is 0 Å². The van der Waals surface area contributed by atoms with E-state index in [1.54, 1.807) is 178 Å². The summed E-state index contributed by atoms with van der Waals surface area (Å²) in [6.07, 6.45) is 3.63. The topological polar surface area (TPSA) is 90.1 Å². The minimum atomic E-state index is -0.169. The molecule has 0 amide bonds. The summed E-state index contributed by atoms with van der Waals surface area (Å²) in [7, 11) is 34.5. The monoisotopic (exact) mass is 1270 g/mol. The average molecular weight is 1270 g/mol. The molecule has 344 valence electrons. The van der Waals surface area contributed by atoms with Gasteiger partial charge in [0.05, 0.1) is 27.7 Å². The first kappa shape index (κ1) is 54.1. The number of fused-ring (bicyclic) bond motifs is 4. The van der Waals surface area contributed by atoms with E-state index in [9.17, 15) is 9.59 Å². The number of pyridine rings is 6. The molecular weight excluding hydrogens is 1240 g/mol. The van der Waals surface area contributed by atoms with Crippen LogP contribution in [0.15, 0.2) is 88.7 Å². The lowest BCUT2D eigenvalue weighted by molar-refractivity contribution is 0.569. The van der Waals surface area contributed by atoms with Crippen molar-refractivity contribution < 1.29 is 0 Å². The smallest absolute Gasteiger partial charge is 0.198 e. The van der Waals surface area contributed by atoms with Crippen molar-refractivity contribution in [3.05, 3.63) is 111 Å². The third kappa shape index (κ3) is 15.2. The van der Waals surface area contributed by atoms with Gasteiger partial charge in [-0.15, -0.1) is 0 Å². The van der Waals surface area contributed by atoms with Crippen molar-refractivity contribution in [2.75, 3.05) is 0 Å². The van der Waals surface area contributed by atoms with Gasteiger partial charge in [-0.05, 0) is 60.7 Å². The largest absolute Gasteiger partial charge is 0.288 e. The Kier molecular flexibility index (Phi) is 22.4. The molecule has 1 aromatic carbocycles. The Bertz CT molecular complexity index is 3830. The zero-order valence-electron chi connectivity index (χ0n) is 34.0. The quantitative estimate of drug-likeness (QED) is 0.135. The summed E-state index contributed by atoms with van der Waals surface area (Å²) in [5, 5.41) is 1.82. The summed E-state index contributed by atoms with van der Waals surface area (Å²) in [5.74, 6) is 0. The fourth-order valence-electron chi connectivity index (χ4n) is 5.85. The summed E-state index contributed by atoms with van der Waals surface area (Å²) in [5.41, 5.74) is 5.91. The molecule has 0 spiro atoms. The van der Waals surface area contributed by atoms with Crippen molar-refractivity contribution >= 4 is 238 Å². The highest BCUT2D eigenvalue weighted by molar-refractivity contribution is 8.78. The molecule has 6 aromatic heterocycles. The molecule has 0 aliphatic heterocycles. The molecular formula is C36H31N5O2S22. The summed E-state index contributed by atoms with van der Waals surface area (Å²) in [4.78, 5) is 46.9. The maximum absolute atomic E-state index is 13.7. The maximum atomic E-state index is 13.7. The standard InChI is InChI=1S/C36H31N5O2.S22/c1-35(2,3)28-16-10-20(18-37-28)26-14-12-24-31(42)22-8-7-9-23-30(22)41(33(24)39-26)34-25(32(23)43)13-15-27(40-34)21-11-17-29(38-19-21)36(4,5)6;1-3-5-7-9-11-13-15-17-19-21-22-20-18-16-14-12-10-8-6-4-2/h7-19H,1-6H3;. The molecule has 29 heteroatoms. The average Bonchev–Trinajstić information content (AvgIpc) is 3.30. The van der Waals surface area contributed by atoms with Gasteiger partial charge in [-0.3, -0.25) is 24.0 Å². The van der Waals surface area contributed by atoms with E-state index in [1.165, 1.54) is 17.8 Å². The third-order valence-electron chi connectivity index (χ3n) is 8.60. The van der Waals surface area contributed by atoms with Gasteiger partial charge in [0.1, 0.15) is 0 Å². The molecule has 0 bridgehead atoms. The van der Waals surface area contributed by atoms with E-state index in [1.807, 2.05) is 65.3 Å². The Morgan fingerprint density at radius 3 is 1.06 bits per heavy atom. The Hall–Kier alpha value is -0.200. The predicted molar refractivity (Wildman–Crippen MR) is 335 cm³/mol. The van der Waals surface area contributed by atoms with Crippen LogP contribution in [-0.4, -0.2) is 24.3 Å². The van der Waals surface area contributed by atoms with Gasteiger partial charge in [-0.1, -0.05) is 47.6 Å². The number of rotatable bonds is 2. The number of benzene rings is 1. The van der Waals surface area contributed by atoms with E-state index in [-0.39, 0.29) is 21.7 Å². The van der Waals surface area contributed by atoms with Crippen LogP contribution in [-0.2, 0) is 211 Å². The summed E-state index contributed by atoms with van der Waals surface area (Å²) in [6.45, 7) is 12.7. The number of aromatic nitrogens is 5. The summed E-state index contributed by atoms with van der Waals surface area (Å²) < 4.78 is 1.87. The van der Waals surface area contributed by atoms with E-state index in [0.717, 1.165) is 22.5 Å². The van der Waals surface area contributed by atoms with Gasteiger partial charge in [0.2, 0.25) is 0 Å². The first-order chi connectivity index (χ1) is 31.3. The van der Waals surface area contributed by atoms with Crippen molar-refractivity contribution in [2.24, 2.45) is 0 Å². The molecule has 0 aliphatic rings. The van der Waals surface area contributed by atoms with Gasteiger partial charge >= 0.3 is 0 Å². The minimum Gasteiger partial charge on any atom is -0.288 e. The molecule has 65 heavy (non-hydrogen) atoms. The third-order valence-corrected chi connectivity index (χ3v) is 50.8. The van der Waals surface area contributed by atoms with E-state index < -0.39 is 0 Å². The van der Waals surface area contributed by atoms with Crippen LogP contribution in [0.25, 0.3) is 60.9 Å². The number of hydrogen-bond donors (Lipinski definition) is 0. The number of para-hydroxylation sites is 1. The number of nitrogens with zero attached hydrogens (tertiary/aromatic N) is 5. The minimum absolute atomic E-state index is 0.0790. The molecule has 7 rings (SSSR count). The molecule has 0 unspecified atom stereocenters. The highest BCUT2D eigenvalue weighted by Crippen LogP contribution is 2.30. The SMILES string of the molecule is CC(C)(C)c1ccc(-c2ccc3c(=O)c4cccc5c(=O)c6ccc(-c7ccc(C(C)(C)C)nc7)nc6n(c3n2)c45)cn1.S=S=S=S=S=S=S=S=S=S=S=S=S=S=S=S=S=S=S=S=S=S. The normalized spacial score (nSPS) is 10.9. The lowest BCUT2D eigenvalue weighted by Crippen LogP contribution is -2.16. The van der Waals surface area contributed by atoms with Crippen molar-refractivity contribution in [3.63, 3.8) is 0 Å². The Labute approximate surface area is 441 Å². The van der Waals surface area contributed by atoms with Gasteiger partial charge in [0.25, 0.3) is 0 Å². The molecule has 0 aliphatic carbocycles. The molecule has 0 fully saturated rings. The van der Waals surface area contributed by atoms with Crippen LogP contribution in [0.3, 0.4) is 0 Å². The second kappa shape index (κ2) is 26.9. The van der Waals surface area contributed by atoms with Crippen LogP contribution in [0.2, 0.25) is 0 Å². The van der Waals surface area contributed by atoms with E-state index in [4.69, 9.17) is 32.3 Å². The van der Waals surface area contributed by atoms with Crippen molar-refractivity contribution in [1.82, 2.24) is 24.3 Å². The van der Waals surface area contributed by atoms with Gasteiger partial charge in [0, 0.05) is 256 Å². The molecule has 6 heterocycles. The Balaban J connectivity index is 0.000000272. The second-order valence-electron chi connectivity index (χ2n) is 14.6. The molecule has 0 radical (unpaired) electrons. The van der Waals surface area contributed by atoms with Gasteiger partial charge < -0.3 is 0 Å². The van der Waals surface area contributed by atoms with Gasteiger partial charge in [0.15, 0.2) is 22.2 Å². The van der Waals surface area contributed by atoms with Crippen molar-refractivity contribution in [3.8, 4) is 22.5 Å². The number of hydrogen-bond acceptors (Lipinski definition) is 8. The maximum Gasteiger partial charge on any atom is 0.198 e. The highest BCUT2D eigenvalue weighted by atomic mass is 33.5. The van der Waals surface area contributed by atoms with Crippen molar-refractivity contribution in [2.45, 2.75) is 52.4 Å². The van der Waals surface area contributed by atoms with E-state index in [2.05, 4.69) is 51.5 Å². The highest BCUT2D eigenvalue weighted by Gasteiger charge is 2.21. The molecule has 7 nitrogen and oxygen atoms in total.